The highest BCUT2D eigenvalue weighted by Gasteiger charge is 2.52. The summed E-state index contributed by atoms with van der Waals surface area (Å²) in [5.74, 6) is -3.62. The Kier molecular flexibility index (Phi) is 6.89. The number of hydrogen-bond acceptors (Lipinski definition) is 5. The van der Waals surface area contributed by atoms with E-state index in [4.69, 9.17) is 16.3 Å². The minimum absolute atomic E-state index is 0.0268. The molecule has 1 aromatic carbocycles. The van der Waals surface area contributed by atoms with Gasteiger partial charge in [0.05, 0.1) is 10.0 Å². The van der Waals surface area contributed by atoms with Crippen LogP contribution in [0.5, 0.6) is 0 Å². The van der Waals surface area contributed by atoms with Crippen LogP contribution in [0.4, 0.5) is 13.2 Å². The summed E-state index contributed by atoms with van der Waals surface area (Å²) < 4.78 is 51.8. The molecule has 0 aliphatic carbocycles. The summed E-state index contributed by atoms with van der Waals surface area (Å²) in [7, 11) is 1.66. The summed E-state index contributed by atoms with van der Waals surface area (Å²) in [5, 5.41) is 8.07. The van der Waals surface area contributed by atoms with Crippen LogP contribution < -0.4 is 5.32 Å². The third-order valence-electron chi connectivity index (χ3n) is 7.29. The lowest BCUT2D eigenvalue weighted by Gasteiger charge is -2.45. The minimum atomic E-state index is -3.06. The van der Waals surface area contributed by atoms with Gasteiger partial charge in [0, 0.05) is 48.8 Å². The second-order valence-electron chi connectivity index (χ2n) is 9.90. The molecule has 1 fully saturated rings. The summed E-state index contributed by atoms with van der Waals surface area (Å²) in [4.78, 5) is 13.8. The number of thiophene rings is 1. The average Bonchev–Trinajstić information content (AvgIpc) is 3.41. The topological polar surface area (TPSA) is 59.4 Å². The molecule has 1 N–H and O–H groups in total. The van der Waals surface area contributed by atoms with Crippen LogP contribution in [0.2, 0.25) is 4.34 Å². The van der Waals surface area contributed by atoms with Gasteiger partial charge in [0.2, 0.25) is 5.91 Å². The van der Waals surface area contributed by atoms with Crippen molar-refractivity contribution in [3.63, 3.8) is 0 Å². The van der Waals surface area contributed by atoms with Gasteiger partial charge in [0.15, 0.2) is 0 Å². The minimum Gasteiger partial charge on any atom is -0.363 e. The van der Waals surface area contributed by atoms with Gasteiger partial charge in [-0.3, -0.25) is 4.79 Å². The van der Waals surface area contributed by atoms with Crippen molar-refractivity contribution in [2.75, 3.05) is 20.2 Å². The zero-order valence-corrected chi connectivity index (χ0v) is 22.4. The Balaban J connectivity index is 1.41. The summed E-state index contributed by atoms with van der Waals surface area (Å²) >= 11 is 7.32. The number of halogens is 4. The molecule has 1 amide bonds. The maximum atomic E-state index is 15.0. The maximum absolute atomic E-state index is 15.0. The van der Waals surface area contributed by atoms with E-state index in [9.17, 15) is 18.0 Å². The lowest BCUT2D eigenvalue weighted by Crippen LogP contribution is -2.52. The molecule has 2 aliphatic heterocycles. The molecule has 0 saturated carbocycles. The molecule has 2 aliphatic rings. The van der Waals surface area contributed by atoms with Gasteiger partial charge in [-0.25, -0.2) is 9.07 Å². The van der Waals surface area contributed by atoms with Gasteiger partial charge in [0.1, 0.15) is 23.7 Å². The summed E-state index contributed by atoms with van der Waals surface area (Å²) in [5.41, 5.74) is 1.75. The molecule has 1 spiro atoms. The Morgan fingerprint density at radius 3 is 2.92 bits per heavy atom. The second kappa shape index (κ2) is 9.72. The smallest absolute Gasteiger partial charge is 0.297 e. The number of aryl methyl sites for hydroxylation is 1. The van der Waals surface area contributed by atoms with E-state index in [2.05, 4.69) is 10.4 Å². The highest BCUT2D eigenvalue weighted by molar-refractivity contribution is 7.16. The van der Waals surface area contributed by atoms with Crippen molar-refractivity contribution in [3.05, 3.63) is 67.9 Å². The van der Waals surface area contributed by atoms with Gasteiger partial charge in [0.25, 0.3) is 5.92 Å². The third kappa shape index (κ3) is 4.92. The number of amides is 1. The molecule has 2 unspecified atom stereocenters. The zero-order valence-electron chi connectivity index (χ0n) is 20.8. The van der Waals surface area contributed by atoms with Gasteiger partial charge in [-0.05, 0) is 50.4 Å². The molecule has 1 saturated heterocycles. The zero-order chi connectivity index (χ0) is 26.5. The first-order valence-corrected chi connectivity index (χ1v) is 13.3. The van der Waals surface area contributed by atoms with Crippen molar-refractivity contribution >= 4 is 28.8 Å². The number of carbonyl (C=O) groups excluding carboxylic acids is 1. The van der Waals surface area contributed by atoms with Crippen LogP contribution in [0.3, 0.4) is 0 Å². The number of fused-ring (bicyclic) bond motifs is 2. The van der Waals surface area contributed by atoms with Crippen molar-refractivity contribution in [1.29, 1.82) is 0 Å². The summed E-state index contributed by atoms with van der Waals surface area (Å²) in [6, 6.07) is 6.07. The van der Waals surface area contributed by atoms with Crippen molar-refractivity contribution in [3.8, 4) is 5.69 Å². The predicted molar refractivity (Wildman–Crippen MR) is 136 cm³/mol. The largest absolute Gasteiger partial charge is 0.363 e. The first kappa shape index (κ1) is 26.2. The number of rotatable bonds is 5. The standard InChI is InChI=1S/C26H28ClF3N4O2S/c1-15-18(13-34(32-15)23-17(5-4-6-21(23)28)12-33(3)16(2)35)9-19-11-25(7-8-31-19)24-20(10-22(27)37-24)26(29,30)14-36-25/h4-6,10,13,19,31H,7-9,11-12,14H2,1-3H3. The number of piperidine rings is 1. The van der Waals surface area contributed by atoms with Crippen LogP contribution in [0.25, 0.3) is 5.69 Å². The molecule has 0 bridgehead atoms. The number of aromatic nitrogens is 2. The Hall–Kier alpha value is -2.40. The fourth-order valence-corrected chi connectivity index (χ4v) is 6.72. The van der Waals surface area contributed by atoms with Crippen LogP contribution in [0.15, 0.2) is 30.5 Å². The first-order chi connectivity index (χ1) is 17.5. The van der Waals surface area contributed by atoms with Crippen molar-refractivity contribution in [2.24, 2.45) is 0 Å². The number of ether oxygens (including phenoxy) is 1. The predicted octanol–water partition coefficient (Wildman–Crippen LogP) is 5.33. The Morgan fingerprint density at radius 1 is 1.38 bits per heavy atom. The van der Waals surface area contributed by atoms with Crippen molar-refractivity contribution in [1.82, 2.24) is 20.0 Å². The molecule has 3 aromatic rings. The van der Waals surface area contributed by atoms with E-state index in [0.29, 0.717) is 46.3 Å². The van der Waals surface area contributed by atoms with Gasteiger partial charge in [-0.1, -0.05) is 23.7 Å². The van der Waals surface area contributed by atoms with Gasteiger partial charge in [-0.15, -0.1) is 11.3 Å². The molecule has 6 nitrogen and oxygen atoms in total. The SMILES string of the molecule is CC(=O)N(C)Cc1cccc(F)c1-n1cc(CC2CC3(CCN2)OCC(F)(F)c2cc(Cl)sc23)c(C)n1. The number of nitrogens with zero attached hydrogens (tertiary/aromatic N) is 3. The van der Waals surface area contributed by atoms with E-state index in [0.717, 1.165) is 11.3 Å². The first-order valence-electron chi connectivity index (χ1n) is 12.1. The molecule has 198 valence electrons. The molecule has 5 rings (SSSR count). The molecule has 2 atom stereocenters. The number of alkyl halides is 2. The number of carbonyl (C=O) groups is 1. The Labute approximate surface area is 222 Å². The van der Waals surface area contributed by atoms with Crippen molar-refractivity contribution in [2.45, 2.75) is 57.2 Å². The van der Waals surface area contributed by atoms with Gasteiger partial charge >= 0.3 is 0 Å². The van der Waals surface area contributed by atoms with E-state index in [1.807, 2.05) is 6.92 Å². The average molecular weight is 553 g/mol. The highest BCUT2D eigenvalue weighted by Crippen LogP contribution is 2.52. The van der Waals surface area contributed by atoms with Gasteiger partial charge in [-0.2, -0.15) is 13.9 Å². The van der Waals surface area contributed by atoms with Crippen LogP contribution >= 0.6 is 22.9 Å². The van der Waals surface area contributed by atoms with Gasteiger partial charge < -0.3 is 15.0 Å². The molecular weight excluding hydrogens is 525 g/mol. The maximum Gasteiger partial charge on any atom is 0.297 e. The number of benzene rings is 1. The van der Waals surface area contributed by atoms with E-state index >= 15 is 0 Å². The molecule has 0 radical (unpaired) electrons. The lowest BCUT2D eigenvalue weighted by molar-refractivity contribution is -0.178. The molecule has 2 aromatic heterocycles. The van der Waals surface area contributed by atoms with Crippen LogP contribution in [-0.4, -0.2) is 46.8 Å². The second-order valence-corrected chi connectivity index (χ2v) is 11.6. The monoisotopic (exact) mass is 552 g/mol. The van der Waals surface area contributed by atoms with E-state index < -0.39 is 23.9 Å². The van der Waals surface area contributed by atoms with E-state index in [-0.39, 0.29) is 24.1 Å². The highest BCUT2D eigenvalue weighted by atomic mass is 35.5. The normalized spacial score (nSPS) is 22.7. The Bertz CT molecular complexity index is 1340. The fraction of sp³-hybridized carbons (Fsp3) is 0.462. The Morgan fingerprint density at radius 2 is 2.16 bits per heavy atom. The summed E-state index contributed by atoms with van der Waals surface area (Å²) in [6.45, 7) is 3.51. The van der Waals surface area contributed by atoms with E-state index in [1.165, 1.54) is 40.0 Å². The number of hydrogen-bond donors (Lipinski definition) is 1. The van der Waals surface area contributed by atoms with Crippen LogP contribution in [0.1, 0.15) is 47.0 Å². The van der Waals surface area contributed by atoms with Crippen LogP contribution in [0, 0.1) is 12.7 Å². The number of nitrogens with one attached hydrogen (secondary N) is 1. The van der Waals surface area contributed by atoms with Crippen molar-refractivity contribution < 1.29 is 22.7 Å². The quantitative estimate of drug-likeness (QED) is 0.465. The molecule has 11 heteroatoms. The lowest BCUT2D eigenvalue weighted by atomic mass is 9.80. The molecule has 37 heavy (non-hydrogen) atoms. The third-order valence-corrected chi connectivity index (χ3v) is 8.74. The number of para-hydroxylation sites is 1. The fourth-order valence-electron chi connectivity index (χ4n) is 5.26. The molecule has 4 heterocycles. The van der Waals surface area contributed by atoms with Crippen LogP contribution in [-0.2, 0) is 34.0 Å². The summed E-state index contributed by atoms with van der Waals surface area (Å²) in [6.07, 6.45) is 3.45. The molecular formula is C26H28ClF3N4O2S. The van der Waals surface area contributed by atoms with E-state index in [1.54, 1.807) is 25.4 Å².